The number of nitrogens with zero attached hydrogens (tertiary/aromatic N) is 1. The molecule has 1 amide bonds. The molecule has 0 fully saturated rings. The number of halogens is 3. The second-order valence-electron chi connectivity index (χ2n) is 8.71. The highest BCUT2D eigenvalue weighted by molar-refractivity contribution is 5.95. The molecule has 0 saturated carbocycles. The molecule has 9 heteroatoms. The van der Waals surface area contributed by atoms with Crippen molar-refractivity contribution in [1.29, 1.82) is 0 Å². The Bertz CT molecular complexity index is 1320. The van der Waals surface area contributed by atoms with E-state index in [9.17, 15) is 18.0 Å². The number of hydrogen-bond donors (Lipinski definition) is 4. The van der Waals surface area contributed by atoms with Gasteiger partial charge >= 0.3 is 6.18 Å². The number of alkyl halides is 3. The van der Waals surface area contributed by atoms with Gasteiger partial charge in [0.2, 0.25) is 0 Å². The molecular formula is C29H28F3N5O. The summed E-state index contributed by atoms with van der Waals surface area (Å²) in [5.41, 5.74) is 3.49. The van der Waals surface area contributed by atoms with Crippen LogP contribution in [0, 0.1) is 0 Å². The van der Waals surface area contributed by atoms with Crippen LogP contribution in [0.5, 0.6) is 0 Å². The van der Waals surface area contributed by atoms with Crippen molar-refractivity contribution in [2.75, 3.05) is 0 Å². The molecule has 0 aromatic heterocycles. The molecule has 0 radical (unpaired) electrons. The molecule has 1 atom stereocenters. The minimum absolute atomic E-state index is 0.113. The molecule has 2 heterocycles. The first-order valence-electron chi connectivity index (χ1n) is 12.0. The lowest BCUT2D eigenvalue weighted by molar-refractivity contribution is -0.137. The van der Waals surface area contributed by atoms with Crippen LogP contribution in [-0.2, 0) is 24.1 Å². The number of aliphatic imine (C=N–C) groups is 1. The van der Waals surface area contributed by atoms with E-state index < -0.39 is 17.9 Å². The summed E-state index contributed by atoms with van der Waals surface area (Å²) in [5.74, 6) is 0.239. The van der Waals surface area contributed by atoms with Crippen molar-refractivity contribution in [3.05, 3.63) is 125 Å². The van der Waals surface area contributed by atoms with Gasteiger partial charge in [0.05, 0.1) is 11.1 Å². The summed E-state index contributed by atoms with van der Waals surface area (Å²) in [5, 5.41) is 12.4. The van der Waals surface area contributed by atoms with Crippen LogP contribution in [0.15, 0.2) is 108 Å². The second-order valence-corrected chi connectivity index (χ2v) is 8.71. The number of hydrogen-bond acceptors (Lipinski definition) is 5. The van der Waals surface area contributed by atoms with E-state index in [4.69, 9.17) is 0 Å². The van der Waals surface area contributed by atoms with Crippen LogP contribution < -0.4 is 21.3 Å². The first kappa shape index (κ1) is 26.7. The van der Waals surface area contributed by atoms with Gasteiger partial charge in [0.15, 0.2) is 0 Å². The summed E-state index contributed by atoms with van der Waals surface area (Å²) in [6.07, 6.45) is 8.59. The van der Waals surface area contributed by atoms with Gasteiger partial charge in [0.25, 0.3) is 5.91 Å². The average molecular weight is 520 g/mol. The molecule has 2 aromatic carbocycles. The van der Waals surface area contributed by atoms with Gasteiger partial charge in [-0.15, -0.1) is 0 Å². The summed E-state index contributed by atoms with van der Waals surface area (Å²) < 4.78 is 38.3. The zero-order valence-corrected chi connectivity index (χ0v) is 20.6. The maximum Gasteiger partial charge on any atom is 0.416 e. The van der Waals surface area contributed by atoms with E-state index in [2.05, 4.69) is 38.9 Å². The van der Waals surface area contributed by atoms with Crippen LogP contribution in [0.3, 0.4) is 0 Å². The first-order valence-corrected chi connectivity index (χ1v) is 12.0. The summed E-state index contributed by atoms with van der Waals surface area (Å²) in [6.45, 7) is 4.47. The summed E-state index contributed by atoms with van der Waals surface area (Å²) in [7, 11) is 0. The Morgan fingerprint density at radius 1 is 1.08 bits per heavy atom. The fourth-order valence-corrected chi connectivity index (χ4v) is 3.92. The quantitative estimate of drug-likeness (QED) is 0.419. The Labute approximate surface area is 219 Å². The second kappa shape index (κ2) is 12.2. The smallest absolute Gasteiger partial charge is 0.372 e. The Morgan fingerprint density at radius 2 is 1.89 bits per heavy atom. The highest BCUT2D eigenvalue weighted by atomic mass is 19.4. The van der Waals surface area contributed by atoms with Gasteiger partial charge in [-0.2, -0.15) is 13.2 Å². The number of carbonyl (C=O) groups is 1. The zero-order valence-electron chi connectivity index (χ0n) is 20.6. The number of nitrogens with one attached hydrogen (secondary N) is 4. The van der Waals surface area contributed by atoms with Gasteiger partial charge in [0, 0.05) is 25.5 Å². The molecule has 2 aromatic rings. The van der Waals surface area contributed by atoms with Crippen molar-refractivity contribution < 1.29 is 18.0 Å². The molecule has 0 bridgehead atoms. The number of carbonyl (C=O) groups excluding carboxylic acids is 1. The van der Waals surface area contributed by atoms with Gasteiger partial charge in [-0.3, -0.25) is 10.1 Å². The number of benzene rings is 2. The fraction of sp³-hybridized carbons (Fsp3) is 0.172. The molecular weight excluding hydrogens is 491 g/mol. The molecule has 0 spiro atoms. The van der Waals surface area contributed by atoms with Crippen molar-refractivity contribution in [2.24, 2.45) is 4.99 Å². The Kier molecular flexibility index (Phi) is 8.60. The van der Waals surface area contributed by atoms with Crippen LogP contribution in [0.1, 0.15) is 28.7 Å². The highest BCUT2D eigenvalue weighted by Gasteiger charge is 2.30. The molecule has 0 unspecified atom stereocenters. The number of dihydropyridines is 1. The Hall–Kier alpha value is -4.37. The minimum atomic E-state index is -4.39. The molecule has 4 rings (SSSR count). The maximum absolute atomic E-state index is 12.9. The van der Waals surface area contributed by atoms with Gasteiger partial charge in [-0.25, -0.2) is 4.99 Å². The topological polar surface area (TPSA) is 77.5 Å². The molecule has 6 nitrogen and oxygen atoms in total. The normalized spacial score (nSPS) is 19.6. The fourth-order valence-electron chi connectivity index (χ4n) is 3.92. The lowest BCUT2D eigenvalue weighted by Gasteiger charge is -2.24. The third kappa shape index (κ3) is 7.33. The van der Waals surface area contributed by atoms with Crippen LogP contribution in [0.4, 0.5) is 13.2 Å². The summed E-state index contributed by atoms with van der Waals surface area (Å²) in [4.78, 5) is 17.1. The van der Waals surface area contributed by atoms with Crippen LogP contribution in [0.2, 0.25) is 0 Å². The van der Waals surface area contributed by atoms with Gasteiger partial charge in [-0.05, 0) is 65.2 Å². The van der Waals surface area contributed by atoms with Gasteiger partial charge in [0.1, 0.15) is 12.0 Å². The third-order valence-corrected chi connectivity index (χ3v) is 5.95. The largest absolute Gasteiger partial charge is 0.416 e. The van der Waals surface area contributed by atoms with E-state index in [0.29, 0.717) is 23.5 Å². The van der Waals surface area contributed by atoms with E-state index >= 15 is 0 Å². The SMILES string of the molecule is C=C1N=C/C=C\C/C(c2cccc(CN[C@H]3NC=CC=C3C(=O)NCc3ccc(C(F)(F)F)cc3)c2)=C\N1. The van der Waals surface area contributed by atoms with Crippen LogP contribution in [-0.4, -0.2) is 18.3 Å². The lowest BCUT2D eigenvalue weighted by atomic mass is 10.0. The van der Waals surface area contributed by atoms with Crippen molar-refractivity contribution in [2.45, 2.75) is 31.9 Å². The van der Waals surface area contributed by atoms with Gasteiger partial charge < -0.3 is 16.0 Å². The monoisotopic (exact) mass is 519 g/mol. The van der Waals surface area contributed by atoms with E-state index in [1.54, 1.807) is 24.6 Å². The molecule has 2 aliphatic heterocycles. The van der Waals surface area contributed by atoms with Crippen molar-refractivity contribution in [3.63, 3.8) is 0 Å². The van der Waals surface area contributed by atoms with Crippen LogP contribution >= 0.6 is 0 Å². The van der Waals surface area contributed by atoms with Crippen molar-refractivity contribution >= 4 is 17.7 Å². The van der Waals surface area contributed by atoms with E-state index in [0.717, 1.165) is 35.3 Å². The standard InChI is InChI=1S/C29H28F3N5O/c1-20-33-14-3-2-7-24(19-35-20)23-8-4-6-22(16-23)18-36-27-26(9-5-15-34-27)28(38)37-17-21-10-12-25(13-11-21)29(30,31)32/h2-6,8-16,19,27,34-36H,1,7,17-18H2,(H,37,38)/b3-2-,24-19+,33-14?/t27-/m1/s1. The zero-order chi connectivity index (χ0) is 27.0. The van der Waals surface area contributed by atoms with Crippen LogP contribution in [0.25, 0.3) is 5.57 Å². The van der Waals surface area contributed by atoms with E-state index in [1.807, 2.05) is 36.6 Å². The number of amides is 1. The third-order valence-electron chi connectivity index (χ3n) is 5.95. The predicted molar refractivity (Wildman–Crippen MR) is 143 cm³/mol. The molecule has 38 heavy (non-hydrogen) atoms. The molecule has 196 valence electrons. The Balaban J connectivity index is 1.36. The first-order chi connectivity index (χ1) is 18.3. The highest BCUT2D eigenvalue weighted by Crippen LogP contribution is 2.29. The van der Waals surface area contributed by atoms with E-state index in [-0.39, 0.29) is 12.5 Å². The van der Waals surface area contributed by atoms with Crippen molar-refractivity contribution in [1.82, 2.24) is 21.3 Å². The molecule has 2 aliphatic rings. The van der Waals surface area contributed by atoms with E-state index in [1.165, 1.54) is 12.1 Å². The van der Waals surface area contributed by atoms with Crippen molar-refractivity contribution in [3.8, 4) is 0 Å². The van der Waals surface area contributed by atoms with Gasteiger partial charge in [-0.1, -0.05) is 49.1 Å². The number of rotatable bonds is 7. The lowest BCUT2D eigenvalue weighted by Crippen LogP contribution is -2.46. The molecule has 0 saturated heterocycles. The summed E-state index contributed by atoms with van der Waals surface area (Å²) >= 11 is 0. The maximum atomic E-state index is 12.9. The number of allylic oxidation sites excluding steroid dienone is 5. The Morgan fingerprint density at radius 3 is 2.68 bits per heavy atom. The molecule has 0 aliphatic carbocycles. The molecule has 4 N–H and O–H groups in total. The minimum Gasteiger partial charge on any atom is -0.372 e. The summed E-state index contributed by atoms with van der Waals surface area (Å²) in [6, 6.07) is 12.8. The predicted octanol–water partition coefficient (Wildman–Crippen LogP) is 4.91. The average Bonchev–Trinajstić information content (AvgIpc) is 3.02.